The number of halogens is 4. The number of pyridine rings is 1. The lowest BCUT2D eigenvalue weighted by Gasteiger charge is -2.34. The maximum Gasteiger partial charge on any atom is 0.417 e. The van der Waals surface area contributed by atoms with Crippen molar-refractivity contribution >= 4 is 11.7 Å². The molecule has 0 aromatic carbocycles. The van der Waals surface area contributed by atoms with Gasteiger partial charge in [0.2, 0.25) is 5.91 Å². The fraction of sp³-hybridized carbons (Fsp3) is 0.625. The van der Waals surface area contributed by atoms with Crippen LogP contribution in [0.1, 0.15) is 37.7 Å². The van der Waals surface area contributed by atoms with Crippen LogP contribution in [0.4, 0.5) is 23.4 Å². The molecule has 2 heterocycles. The van der Waals surface area contributed by atoms with E-state index < -0.39 is 17.6 Å². The van der Waals surface area contributed by atoms with Crippen LogP contribution in [0.25, 0.3) is 0 Å². The lowest BCUT2D eigenvalue weighted by molar-refractivity contribution is -0.138. The molecule has 1 N–H and O–H groups in total. The zero-order valence-electron chi connectivity index (χ0n) is 13.1. The zero-order valence-corrected chi connectivity index (χ0v) is 13.1. The summed E-state index contributed by atoms with van der Waals surface area (Å²) in [5, 5.41) is 3.00. The second-order valence-corrected chi connectivity index (χ2v) is 6.42. The SMILES string of the molecule is O=C(NC1CCC1)C1CCN(c2ncc(C(F)(F)F)cc2F)CC1. The van der Waals surface area contributed by atoms with E-state index in [1.165, 1.54) is 0 Å². The fourth-order valence-electron chi connectivity index (χ4n) is 3.04. The fourth-order valence-corrected chi connectivity index (χ4v) is 3.04. The van der Waals surface area contributed by atoms with Gasteiger partial charge in [-0.15, -0.1) is 0 Å². The van der Waals surface area contributed by atoms with Crippen molar-refractivity contribution in [2.24, 2.45) is 5.92 Å². The van der Waals surface area contributed by atoms with Crippen LogP contribution in [0.3, 0.4) is 0 Å². The molecule has 0 bridgehead atoms. The van der Waals surface area contributed by atoms with Crippen molar-refractivity contribution in [2.75, 3.05) is 18.0 Å². The van der Waals surface area contributed by atoms with Crippen molar-refractivity contribution in [2.45, 2.75) is 44.3 Å². The molecule has 1 saturated carbocycles. The highest BCUT2D eigenvalue weighted by atomic mass is 19.4. The number of hydrogen-bond acceptors (Lipinski definition) is 3. The molecule has 0 radical (unpaired) electrons. The third-order valence-corrected chi connectivity index (χ3v) is 4.77. The van der Waals surface area contributed by atoms with E-state index in [1.54, 1.807) is 4.90 Å². The highest BCUT2D eigenvalue weighted by molar-refractivity contribution is 5.79. The van der Waals surface area contributed by atoms with Gasteiger partial charge in [-0.2, -0.15) is 13.2 Å². The lowest BCUT2D eigenvalue weighted by Crippen LogP contribution is -2.46. The molecule has 1 aromatic heterocycles. The number of piperidine rings is 1. The molecule has 1 aliphatic heterocycles. The first-order valence-electron chi connectivity index (χ1n) is 8.12. The molecule has 2 fully saturated rings. The summed E-state index contributed by atoms with van der Waals surface area (Å²) in [5.41, 5.74) is -1.10. The number of nitrogens with zero attached hydrogens (tertiary/aromatic N) is 2. The Morgan fingerprint density at radius 3 is 2.38 bits per heavy atom. The van der Waals surface area contributed by atoms with Crippen molar-refractivity contribution in [3.63, 3.8) is 0 Å². The van der Waals surface area contributed by atoms with Crippen molar-refractivity contribution in [1.29, 1.82) is 0 Å². The lowest BCUT2D eigenvalue weighted by atomic mass is 9.90. The molecular weight excluding hydrogens is 326 g/mol. The molecule has 8 heteroatoms. The van der Waals surface area contributed by atoms with Gasteiger partial charge in [-0.3, -0.25) is 4.79 Å². The topological polar surface area (TPSA) is 45.2 Å². The van der Waals surface area contributed by atoms with E-state index in [2.05, 4.69) is 10.3 Å². The van der Waals surface area contributed by atoms with Gasteiger partial charge in [0.15, 0.2) is 11.6 Å². The first-order valence-corrected chi connectivity index (χ1v) is 8.12. The highest BCUT2D eigenvalue weighted by Gasteiger charge is 2.33. The van der Waals surface area contributed by atoms with Crippen LogP contribution in [0.15, 0.2) is 12.3 Å². The van der Waals surface area contributed by atoms with Gasteiger partial charge in [0.1, 0.15) is 0 Å². The Kier molecular flexibility index (Phi) is 4.64. The Morgan fingerprint density at radius 1 is 1.21 bits per heavy atom. The summed E-state index contributed by atoms with van der Waals surface area (Å²) in [7, 11) is 0. The normalized spacial score (nSPS) is 19.9. The predicted molar refractivity (Wildman–Crippen MR) is 79.9 cm³/mol. The Morgan fingerprint density at radius 2 is 1.88 bits per heavy atom. The van der Waals surface area contributed by atoms with Gasteiger partial charge in [0, 0.05) is 31.2 Å². The van der Waals surface area contributed by atoms with E-state index in [1.807, 2.05) is 0 Å². The quantitative estimate of drug-likeness (QED) is 0.856. The molecule has 3 rings (SSSR count). The molecule has 0 unspecified atom stereocenters. The second-order valence-electron chi connectivity index (χ2n) is 6.42. The molecule has 1 saturated heterocycles. The van der Waals surface area contributed by atoms with Gasteiger partial charge in [0.05, 0.1) is 5.56 Å². The minimum absolute atomic E-state index is 0.0280. The summed E-state index contributed by atoms with van der Waals surface area (Å²) in [6.07, 6.45) is 0.299. The number of nitrogens with one attached hydrogen (secondary N) is 1. The first kappa shape index (κ1) is 17.0. The maximum absolute atomic E-state index is 14.0. The van der Waals surface area contributed by atoms with E-state index in [0.29, 0.717) is 38.2 Å². The van der Waals surface area contributed by atoms with E-state index >= 15 is 0 Å². The molecule has 0 atom stereocenters. The number of alkyl halides is 3. The van der Waals surface area contributed by atoms with Crippen LogP contribution >= 0.6 is 0 Å². The van der Waals surface area contributed by atoms with Crippen molar-refractivity contribution < 1.29 is 22.4 Å². The molecule has 0 spiro atoms. The Labute approximate surface area is 137 Å². The zero-order chi connectivity index (χ0) is 17.3. The molecule has 1 aliphatic carbocycles. The minimum atomic E-state index is -4.61. The number of rotatable bonds is 3. The summed E-state index contributed by atoms with van der Waals surface area (Å²) < 4.78 is 51.6. The Bertz CT molecular complexity index is 608. The number of anilines is 1. The number of carbonyl (C=O) groups is 1. The molecule has 2 aliphatic rings. The third kappa shape index (κ3) is 3.62. The Balaban J connectivity index is 1.59. The average Bonchev–Trinajstić information content (AvgIpc) is 2.50. The molecule has 1 amide bonds. The summed E-state index contributed by atoms with van der Waals surface area (Å²) >= 11 is 0. The van der Waals surface area contributed by atoms with E-state index in [-0.39, 0.29) is 23.7 Å². The summed E-state index contributed by atoms with van der Waals surface area (Å²) in [6.45, 7) is 0.802. The first-order chi connectivity index (χ1) is 11.3. The van der Waals surface area contributed by atoms with Gasteiger partial charge < -0.3 is 10.2 Å². The standard InChI is InChI=1S/C16H19F4N3O/c17-13-8-11(16(18,19)20)9-21-14(13)23-6-4-10(5-7-23)15(24)22-12-2-1-3-12/h8-10,12H,1-7H2,(H,22,24). The molecule has 1 aromatic rings. The van der Waals surface area contributed by atoms with Gasteiger partial charge >= 0.3 is 6.18 Å². The number of amides is 1. The van der Waals surface area contributed by atoms with Gasteiger partial charge in [0.25, 0.3) is 0 Å². The second kappa shape index (κ2) is 6.57. The van der Waals surface area contributed by atoms with Crippen LogP contribution < -0.4 is 10.2 Å². The van der Waals surface area contributed by atoms with Crippen LogP contribution in [0.5, 0.6) is 0 Å². The number of aromatic nitrogens is 1. The van der Waals surface area contributed by atoms with Crippen LogP contribution in [-0.2, 0) is 11.0 Å². The third-order valence-electron chi connectivity index (χ3n) is 4.77. The molecular formula is C16H19F4N3O. The highest BCUT2D eigenvalue weighted by Crippen LogP contribution is 2.32. The predicted octanol–water partition coefficient (Wildman–Crippen LogP) is 3.12. The number of carbonyl (C=O) groups excluding carboxylic acids is 1. The number of hydrogen-bond donors (Lipinski definition) is 1. The van der Waals surface area contributed by atoms with Crippen molar-refractivity contribution in [3.05, 3.63) is 23.6 Å². The monoisotopic (exact) mass is 345 g/mol. The minimum Gasteiger partial charge on any atom is -0.354 e. The summed E-state index contributed by atoms with van der Waals surface area (Å²) in [5.74, 6) is -1.16. The smallest absolute Gasteiger partial charge is 0.354 e. The van der Waals surface area contributed by atoms with Gasteiger partial charge in [-0.1, -0.05) is 0 Å². The largest absolute Gasteiger partial charge is 0.417 e. The van der Waals surface area contributed by atoms with E-state index in [4.69, 9.17) is 0 Å². The van der Waals surface area contributed by atoms with Crippen molar-refractivity contribution in [1.82, 2.24) is 10.3 Å². The summed E-state index contributed by atoms with van der Waals surface area (Å²) in [6, 6.07) is 0.752. The molecule has 24 heavy (non-hydrogen) atoms. The van der Waals surface area contributed by atoms with Gasteiger partial charge in [-0.05, 0) is 38.2 Å². The maximum atomic E-state index is 14.0. The summed E-state index contributed by atoms with van der Waals surface area (Å²) in [4.78, 5) is 17.4. The van der Waals surface area contributed by atoms with Crippen LogP contribution in [-0.4, -0.2) is 30.0 Å². The van der Waals surface area contributed by atoms with Gasteiger partial charge in [-0.25, -0.2) is 9.37 Å². The van der Waals surface area contributed by atoms with Crippen molar-refractivity contribution in [3.8, 4) is 0 Å². The average molecular weight is 345 g/mol. The molecule has 4 nitrogen and oxygen atoms in total. The van der Waals surface area contributed by atoms with Crippen LogP contribution in [0, 0.1) is 11.7 Å². The van der Waals surface area contributed by atoms with Crippen LogP contribution in [0.2, 0.25) is 0 Å². The Hall–Kier alpha value is -1.86. The molecule has 132 valence electrons. The van der Waals surface area contributed by atoms with E-state index in [0.717, 1.165) is 19.3 Å². The van der Waals surface area contributed by atoms with E-state index in [9.17, 15) is 22.4 Å².